The maximum atomic E-state index is 14.0. The van der Waals surface area contributed by atoms with Gasteiger partial charge in [-0.05, 0) is 48.9 Å². The third-order valence-corrected chi connectivity index (χ3v) is 5.98. The number of amides is 2. The van der Waals surface area contributed by atoms with E-state index in [1.807, 2.05) is 30.3 Å². The van der Waals surface area contributed by atoms with Crippen LogP contribution in [0.5, 0.6) is 11.5 Å². The fourth-order valence-corrected chi connectivity index (χ4v) is 4.27. The number of nitrogens with zero attached hydrogens (tertiary/aromatic N) is 3. The van der Waals surface area contributed by atoms with Gasteiger partial charge in [0.1, 0.15) is 5.82 Å². The molecule has 2 heterocycles. The number of methoxy groups -OCH3 is 2. The summed E-state index contributed by atoms with van der Waals surface area (Å²) in [6.07, 6.45) is 0. The first kappa shape index (κ1) is 23.1. The van der Waals surface area contributed by atoms with Gasteiger partial charge in [-0.1, -0.05) is 41.6 Å². The van der Waals surface area contributed by atoms with E-state index < -0.39 is 17.9 Å². The SMILES string of the molecule is COc1ccc(-c2noc(C3=C(C)N(c4cccc(F)c4)C(=O)NC3c3ccccc3)n2)cc1OC. The summed E-state index contributed by atoms with van der Waals surface area (Å²) in [4.78, 5) is 19.2. The molecule has 1 aliphatic rings. The van der Waals surface area contributed by atoms with Crippen LogP contribution in [0.3, 0.4) is 0 Å². The number of carbonyl (C=O) groups is 1. The highest BCUT2D eigenvalue weighted by Gasteiger charge is 2.36. The van der Waals surface area contributed by atoms with E-state index in [4.69, 9.17) is 14.0 Å². The largest absolute Gasteiger partial charge is 0.493 e. The summed E-state index contributed by atoms with van der Waals surface area (Å²) in [6, 6.07) is 19.7. The molecule has 0 saturated carbocycles. The predicted octanol–water partition coefficient (Wildman–Crippen LogP) is 5.60. The number of nitrogens with one attached hydrogen (secondary N) is 1. The fraction of sp³-hybridized carbons (Fsp3) is 0.148. The molecule has 1 aliphatic heterocycles. The molecule has 4 aromatic rings. The summed E-state index contributed by atoms with van der Waals surface area (Å²) in [6.45, 7) is 1.77. The van der Waals surface area contributed by atoms with Crippen LogP contribution in [0.25, 0.3) is 17.0 Å². The van der Waals surface area contributed by atoms with Gasteiger partial charge in [0.15, 0.2) is 11.5 Å². The molecule has 0 radical (unpaired) electrons. The van der Waals surface area contributed by atoms with Crippen LogP contribution in [0.4, 0.5) is 14.9 Å². The molecule has 0 saturated heterocycles. The van der Waals surface area contributed by atoms with E-state index in [-0.39, 0.29) is 5.89 Å². The van der Waals surface area contributed by atoms with Gasteiger partial charge in [0, 0.05) is 11.3 Å². The van der Waals surface area contributed by atoms with Crippen LogP contribution < -0.4 is 19.7 Å². The highest BCUT2D eigenvalue weighted by atomic mass is 19.1. The lowest BCUT2D eigenvalue weighted by Gasteiger charge is -2.35. The number of halogens is 1. The maximum Gasteiger partial charge on any atom is 0.327 e. The van der Waals surface area contributed by atoms with Crippen LogP contribution in [0.1, 0.15) is 24.4 Å². The average Bonchev–Trinajstić information content (AvgIpc) is 3.38. The lowest BCUT2D eigenvalue weighted by molar-refractivity contribution is 0.244. The summed E-state index contributed by atoms with van der Waals surface area (Å²) >= 11 is 0. The maximum absolute atomic E-state index is 14.0. The first-order valence-electron chi connectivity index (χ1n) is 11.2. The van der Waals surface area contributed by atoms with E-state index in [1.165, 1.54) is 17.0 Å². The zero-order valence-electron chi connectivity index (χ0n) is 19.9. The Kier molecular flexibility index (Phi) is 6.12. The minimum atomic E-state index is -0.554. The van der Waals surface area contributed by atoms with Crippen molar-refractivity contribution in [3.8, 4) is 22.9 Å². The summed E-state index contributed by atoms with van der Waals surface area (Å²) in [5.74, 6) is 1.22. The standard InChI is InChI=1S/C27H23FN4O4/c1-16-23(26-30-25(31-36-26)18-12-13-21(34-2)22(14-18)35-3)24(17-8-5-4-6-9-17)29-27(33)32(16)20-11-7-10-19(28)15-20/h4-15,24H,1-3H3,(H,29,33). The number of carbonyl (C=O) groups excluding carboxylic acids is 1. The van der Waals surface area contributed by atoms with Gasteiger partial charge in [-0.15, -0.1) is 0 Å². The third-order valence-electron chi connectivity index (χ3n) is 5.98. The summed E-state index contributed by atoms with van der Waals surface area (Å²) in [7, 11) is 3.11. The van der Waals surface area contributed by atoms with Crippen LogP contribution in [-0.2, 0) is 0 Å². The van der Waals surface area contributed by atoms with Crippen molar-refractivity contribution in [2.75, 3.05) is 19.1 Å². The first-order valence-corrected chi connectivity index (χ1v) is 11.2. The van der Waals surface area contributed by atoms with E-state index in [9.17, 15) is 9.18 Å². The number of ether oxygens (including phenoxy) is 2. The number of anilines is 1. The van der Waals surface area contributed by atoms with Crippen molar-refractivity contribution in [1.29, 1.82) is 0 Å². The molecule has 9 heteroatoms. The summed E-state index contributed by atoms with van der Waals surface area (Å²) in [5, 5.41) is 7.18. The van der Waals surface area contributed by atoms with Crippen molar-refractivity contribution in [1.82, 2.24) is 15.5 Å². The lowest BCUT2D eigenvalue weighted by Crippen LogP contribution is -2.46. The molecule has 36 heavy (non-hydrogen) atoms. The minimum Gasteiger partial charge on any atom is -0.493 e. The van der Waals surface area contributed by atoms with Crippen molar-refractivity contribution in [3.05, 3.63) is 95.8 Å². The van der Waals surface area contributed by atoms with E-state index in [2.05, 4.69) is 15.5 Å². The second kappa shape index (κ2) is 9.53. The van der Waals surface area contributed by atoms with Crippen molar-refractivity contribution in [3.63, 3.8) is 0 Å². The molecule has 8 nitrogen and oxygen atoms in total. The molecule has 5 rings (SSSR count). The zero-order valence-corrected chi connectivity index (χ0v) is 19.9. The summed E-state index contributed by atoms with van der Waals surface area (Å²) in [5.41, 5.74) is 3.03. The predicted molar refractivity (Wildman–Crippen MR) is 132 cm³/mol. The molecular weight excluding hydrogens is 463 g/mol. The minimum absolute atomic E-state index is 0.229. The Morgan fingerprint density at radius 1 is 0.972 bits per heavy atom. The van der Waals surface area contributed by atoms with Gasteiger partial charge in [0.25, 0.3) is 5.89 Å². The second-order valence-electron chi connectivity index (χ2n) is 8.10. The van der Waals surface area contributed by atoms with Gasteiger partial charge in [0.2, 0.25) is 5.82 Å². The van der Waals surface area contributed by atoms with E-state index in [0.29, 0.717) is 39.8 Å². The number of urea groups is 1. The molecule has 182 valence electrons. The molecule has 0 fully saturated rings. The lowest BCUT2D eigenvalue weighted by atomic mass is 9.94. The van der Waals surface area contributed by atoms with Crippen LogP contribution in [0.15, 0.2) is 83.0 Å². The molecule has 3 aromatic carbocycles. The topological polar surface area (TPSA) is 89.7 Å². The highest BCUT2D eigenvalue weighted by Crippen LogP contribution is 2.39. The number of benzene rings is 3. The number of hydrogen-bond acceptors (Lipinski definition) is 6. The van der Waals surface area contributed by atoms with Crippen LogP contribution in [0, 0.1) is 5.82 Å². The molecule has 2 amide bonds. The molecule has 1 unspecified atom stereocenters. The van der Waals surface area contributed by atoms with Crippen LogP contribution in [-0.4, -0.2) is 30.4 Å². The average molecular weight is 487 g/mol. The Balaban J connectivity index is 1.63. The van der Waals surface area contributed by atoms with Crippen molar-refractivity contribution < 1.29 is 23.2 Å². The zero-order chi connectivity index (χ0) is 25.2. The smallest absolute Gasteiger partial charge is 0.327 e. The molecule has 1 N–H and O–H groups in total. The van der Waals surface area contributed by atoms with Crippen molar-refractivity contribution in [2.45, 2.75) is 13.0 Å². The van der Waals surface area contributed by atoms with E-state index in [0.717, 1.165) is 5.56 Å². The molecular formula is C27H23FN4O4. The Labute approximate surface area is 207 Å². The molecule has 0 spiro atoms. The summed E-state index contributed by atoms with van der Waals surface area (Å²) < 4.78 is 30.4. The van der Waals surface area contributed by atoms with Crippen molar-refractivity contribution in [2.24, 2.45) is 0 Å². The Hall–Kier alpha value is -4.66. The van der Waals surface area contributed by atoms with Gasteiger partial charge in [0.05, 0.1) is 31.5 Å². The van der Waals surface area contributed by atoms with Gasteiger partial charge < -0.3 is 19.3 Å². The molecule has 0 aliphatic carbocycles. The Morgan fingerprint density at radius 2 is 1.75 bits per heavy atom. The monoisotopic (exact) mass is 486 g/mol. The molecule has 0 bridgehead atoms. The van der Waals surface area contributed by atoms with Gasteiger partial charge in [-0.3, -0.25) is 4.90 Å². The fourth-order valence-electron chi connectivity index (χ4n) is 4.27. The van der Waals surface area contributed by atoms with Gasteiger partial charge in [-0.25, -0.2) is 9.18 Å². The quantitative estimate of drug-likeness (QED) is 0.382. The molecule has 1 aromatic heterocycles. The van der Waals surface area contributed by atoms with Gasteiger partial charge in [-0.2, -0.15) is 4.98 Å². The van der Waals surface area contributed by atoms with Gasteiger partial charge >= 0.3 is 6.03 Å². The number of aromatic nitrogens is 2. The van der Waals surface area contributed by atoms with Crippen LogP contribution >= 0.6 is 0 Å². The Morgan fingerprint density at radius 3 is 2.47 bits per heavy atom. The van der Waals surface area contributed by atoms with Crippen molar-refractivity contribution >= 4 is 17.3 Å². The number of hydrogen-bond donors (Lipinski definition) is 1. The van der Waals surface area contributed by atoms with Crippen LogP contribution in [0.2, 0.25) is 0 Å². The Bertz CT molecular complexity index is 1450. The number of allylic oxidation sites excluding steroid dienone is 1. The van der Waals surface area contributed by atoms with E-state index >= 15 is 0 Å². The third kappa shape index (κ3) is 4.15. The first-order chi connectivity index (χ1) is 17.5. The normalized spacial score (nSPS) is 15.6. The second-order valence-corrected chi connectivity index (χ2v) is 8.10. The highest BCUT2D eigenvalue weighted by molar-refractivity contribution is 6.01. The number of rotatable bonds is 6. The molecule has 1 atom stereocenters. The van der Waals surface area contributed by atoms with E-state index in [1.54, 1.807) is 51.5 Å².